The molecule has 1 rings (SSSR count). The van der Waals surface area contributed by atoms with E-state index in [2.05, 4.69) is 17.1 Å². The maximum atomic E-state index is 10.9. The summed E-state index contributed by atoms with van der Waals surface area (Å²) in [5, 5.41) is 2.97. The predicted octanol–water partition coefficient (Wildman–Crippen LogP) is 0.652. The molecule has 0 saturated carbocycles. The lowest BCUT2D eigenvalue weighted by Gasteiger charge is -2.36. The van der Waals surface area contributed by atoms with Crippen molar-refractivity contribution in [1.29, 1.82) is 0 Å². The highest BCUT2D eigenvalue weighted by atomic mass is 32.1. The summed E-state index contributed by atoms with van der Waals surface area (Å²) in [5.74, 6) is 0.0645. The van der Waals surface area contributed by atoms with Crippen molar-refractivity contribution < 1.29 is 4.79 Å². The van der Waals surface area contributed by atoms with Gasteiger partial charge in [-0.3, -0.25) is 4.79 Å². The van der Waals surface area contributed by atoms with Gasteiger partial charge in [-0.1, -0.05) is 12.2 Å². The number of hydrogen-bond acceptors (Lipinski definition) is 3. The Labute approximate surface area is 103 Å². The third-order valence-electron chi connectivity index (χ3n) is 3.06. The molecule has 1 fully saturated rings. The van der Waals surface area contributed by atoms with Crippen LogP contribution in [0.1, 0.15) is 33.1 Å². The Kier molecular flexibility index (Phi) is 5.15. The summed E-state index contributed by atoms with van der Waals surface area (Å²) in [5.41, 5.74) is 5.54. The van der Waals surface area contributed by atoms with E-state index in [4.69, 9.17) is 18.0 Å². The molecule has 0 bridgehead atoms. The van der Waals surface area contributed by atoms with Crippen molar-refractivity contribution in [3.63, 3.8) is 0 Å². The van der Waals surface area contributed by atoms with Gasteiger partial charge in [-0.25, -0.2) is 0 Å². The van der Waals surface area contributed by atoms with Crippen LogP contribution in [-0.2, 0) is 4.79 Å². The minimum atomic E-state index is 0.0645. The zero-order valence-corrected chi connectivity index (χ0v) is 10.8. The van der Waals surface area contributed by atoms with Gasteiger partial charge in [0, 0.05) is 38.5 Å². The number of likely N-dealkylation sites (tertiary alicyclic amines) is 1. The van der Waals surface area contributed by atoms with Gasteiger partial charge in [-0.2, -0.15) is 0 Å². The van der Waals surface area contributed by atoms with Crippen LogP contribution in [0.5, 0.6) is 0 Å². The second kappa shape index (κ2) is 6.15. The van der Waals surface area contributed by atoms with Crippen LogP contribution in [0, 0.1) is 0 Å². The van der Waals surface area contributed by atoms with Crippen LogP contribution in [0.3, 0.4) is 0 Å². The molecule has 0 aliphatic carbocycles. The standard InChI is InChI=1S/C11H21N3OS/c1-8(7-11(12)16)14-5-3-10(4-6-14)13-9(2)15/h8,10H,3-7H2,1-2H3,(H2,12,16)(H,13,15). The van der Waals surface area contributed by atoms with Crippen LogP contribution in [-0.4, -0.2) is 41.0 Å². The van der Waals surface area contributed by atoms with Crippen LogP contribution in [0.4, 0.5) is 0 Å². The van der Waals surface area contributed by atoms with E-state index < -0.39 is 0 Å². The predicted molar refractivity (Wildman–Crippen MR) is 69.3 cm³/mol. The Hall–Kier alpha value is -0.680. The largest absolute Gasteiger partial charge is 0.393 e. The van der Waals surface area contributed by atoms with Crippen LogP contribution >= 0.6 is 12.2 Å². The minimum Gasteiger partial charge on any atom is -0.393 e. The number of thiocarbonyl (C=S) groups is 1. The van der Waals surface area contributed by atoms with Crippen molar-refractivity contribution >= 4 is 23.1 Å². The Morgan fingerprint density at radius 2 is 2.12 bits per heavy atom. The summed E-state index contributed by atoms with van der Waals surface area (Å²) in [7, 11) is 0. The first kappa shape index (κ1) is 13.4. The SMILES string of the molecule is CC(=O)NC1CCN(C(C)CC(N)=S)CC1. The van der Waals surface area contributed by atoms with Crippen molar-refractivity contribution in [2.75, 3.05) is 13.1 Å². The molecular weight excluding hydrogens is 222 g/mol. The van der Waals surface area contributed by atoms with Gasteiger partial charge in [0.05, 0.1) is 4.99 Å². The topological polar surface area (TPSA) is 58.4 Å². The molecule has 0 spiro atoms. The third-order valence-corrected chi connectivity index (χ3v) is 3.22. The van der Waals surface area contributed by atoms with E-state index in [0.717, 1.165) is 32.4 Å². The highest BCUT2D eigenvalue weighted by Gasteiger charge is 2.23. The van der Waals surface area contributed by atoms with E-state index in [9.17, 15) is 4.79 Å². The first-order valence-electron chi connectivity index (χ1n) is 5.78. The Bertz CT molecular complexity index is 262. The van der Waals surface area contributed by atoms with Crippen molar-refractivity contribution in [3.05, 3.63) is 0 Å². The van der Waals surface area contributed by atoms with E-state index in [0.29, 0.717) is 17.1 Å². The number of carbonyl (C=O) groups excluding carboxylic acids is 1. The van der Waals surface area contributed by atoms with Crippen molar-refractivity contribution in [3.8, 4) is 0 Å². The average Bonchev–Trinajstić information content (AvgIpc) is 2.16. The second-order valence-electron chi connectivity index (χ2n) is 4.53. The van der Waals surface area contributed by atoms with Crippen molar-refractivity contribution in [2.24, 2.45) is 5.73 Å². The molecule has 1 heterocycles. The molecule has 0 aromatic rings. The molecule has 0 aromatic heterocycles. The number of nitrogens with zero attached hydrogens (tertiary/aromatic N) is 1. The fourth-order valence-corrected chi connectivity index (χ4v) is 2.43. The van der Waals surface area contributed by atoms with Gasteiger partial charge in [-0.15, -0.1) is 0 Å². The Morgan fingerprint density at radius 3 is 2.56 bits per heavy atom. The van der Waals surface area contributed by atoms with E-state index in [1.807, 2.05) is 0 Å². The Morgan fingerprint density at radius 1 is 1.56 bits per heavy atom. The maximum Gasteiger partial charge on any atom is 0.217 e. The molecule has 5 heteroatoms. The van der Waals surface area contributed by atoms with Crippen LogP contribution in [0.25, 0.3) is 0 Å². The zero-order chi connectivity index (χ0) is 12.1. The number of amides is 1. The molecule has 1 unspecified atom stereocenters. The highest BCUT2D eigenvalue weighted by molar-refractivity contribution is 7.80. The Balaban J connectivity index is 2.31. The molecule has 3 N–H and O–H groups in total. The average molecular weight is 243 g/mol. The van der Waals surface area contributed by atoms with Gasteiger partial charge < -0.3 is 16.0 Å². The fourth-order valence-electron chi connectivity index (χ4n) is 2.19. The first-order valence-corrected chi connectivity index (χ1v) is 6.19. The van der Waals surface area contributed by atoms with E-state index in [1.165, 1.54) is 0 Å². The van der Waals surface area contributed by atoms with Gasteiger partial charge in [0.2, 0.25) is 5.91 Å². The summed E-state index contributed by atoms with van der Waals surface area (Å²) in [6.45, 7) is 5.74. The molecule has 1 aliphatic rings. The summed E-state index contributed by atoms with van der Waals surface area (Å²) in [6.07, 6.45) is 2.81. The fraction of sp³-hybridized carbons (Fsp3) is 0.818. The van der Waals surface area contributed by atoms with Crippen LogP contribution < -0.4 is 11.1 Å². The van der Waals surface area contributed by atoms with Crippen LogP contribution in [0.15, 0.2) is 0 Å². The lowest BCUT2D eigenvalue weighted by atomic mass is 10.0. The molecular formula is C11H21N3OS. The van der Waals surface area contributed by atoms with Gasteiger partial charge in [-0.05, 0) is 19.8 Å². The zero-order valence-electron chi connectivity index (χ0n) is 10.0. The highest BCUT2D eigenvalue weighted by Crippen LogP contribution is 2.14. The molecule has 0 radical (unpaired) electrons. The molecule has 1 atom stereocenters. The molecule has 92 valence electrons. The summed E-state index contributed by atoms with van der Waals surface area (Å²) >= 11 is 4.92. The van der Waals surface area contributed by atoms with E-state index >= 15 is 0 Å². The van der Waals surface area contributed by atoms with E-state index in [-0.39, 0.29) is 5.91 Å². The minimum absolute atomic E-state index is 0.0645. The summed E-state index contributed by atoms with van der Waals surface area (Å²) in [6, 6.07) is 0.751. The smallest absolute Gasteiger partial charge is 0.217 e. The summed E-state index contributed by atoms with van der Waals surface area (Å²) in [4.78, 5) is 13.9. The molecule has 16 heavy (non-hydrogen) atoms. The van der Waals surface area contributed by atoms with Gasteiger partial charge in [0.1, 0.15) is 0 Å². The lowest BCUT2D eigenvalue weighted by Crippen LogP contribution is -2.47. The van der Waals surface area contributed by atoms with Crippen molar-refractivity contribution in [2.45, 2.75) is 45.2 Å². The molecule has 1 amide bonds. The first-order chi connectivity index (χ1) is 7.49. The molecule has 1 aliphatic heterocycles. The monoisotopic (exact) mass is 243 g/mol. The van der Waals surface area contributed by atoms with Crippen molar-refractivity contribution in [1.82, 2.24) is 10.2 Å². The van der Waals surface area contributed by atoms with Gasteiger partial charge >= 0.3 is 0 Å². The number of nitrogens with two attached hydrogens (primary N) is 1. The number of hydrogen-bond donors (Lipinski definition) is 2. The van der Waals surface area contributed by atoms with Gasteiger partial charge in [0.25, 0.3) is 0 Å². The molecule has 1 saturated heterocycles. The summed E-state index contributed by atoms with van der Waals surface area (Å²) < 4.78 is 0. The number of rotatable bonds is 4. The second-order valence-corrected chi connectivity index (χ2v) is 5.05. The maximum absolute atomic E-state index is 10.9. The number of nitrogens with one attached hydrogen (secondary N) is 1. The number of piperidine rings is 1. The lowest BCUT2D eigenvalue weighted by molar-refractivity contribution is -0.120. The quantitative estimate of drug-likeness (QED) is 0.712. The number of carbonyl (C=O) groups is 1. The molecule has 4 nitrogen and oxygen atoms in total. The van der Waals surface area contributed by atoms with E-state index in [1.54, 1.807) is 6.92 Å². The van der Waals surface area contributed by atoms with Crippen LogP contribution in [0.2, 0.25) is 0 Å². The normalized spacial score (nSPS) is 20.4. The molecule has 0 aromatic carbocycles. The van der Waals surface area contributed by atoms with Gasteiger partial charge in [0.15, 0.2) is 0 Å². The third kappa shape index (κ3) is 4.45.